The predicted octanol–water partition coefficient (Wildman–Crippen LogP) is 2.43. The summed E-state index contributed by atoms with van der Waals surface area (Å²) in [4.78, 5) is 0. The van der Waals surface area contributed by atoms with Crippen molar-refractivity contribution >= 4 is 0 Å². The molecule has 0 saturated heterocycles. The van der Waals surface area contributed by atoms with Crippen molar-refractivity contribution in [3.63, 3.8) is 0 Å². The topological polar surface area (TPSA) is 27.1 Å². The molecule has 1 aliphatic carbocycles. The first kappa shape index (κ1) is 11.3. The summed E-state index contributed by atoms with van der Waals surface area (Å²) in [6, 6.07) is 0.929. The second kappa shape index (κ2) is 3.99. The van der Waals surface area contributed by atoms with E-state index in [0.717, 1.165) is 23.6 Å². The Labute approximate surface area is 91.2 Å². The van der Waals surface area contributed by atoms with Crippen LogP contribution in [0.4, 0.5) is 13.2 Å². The highest BCUT2D eigenvalue weighted by Crippen LogP contribution is 2.31. The van der Waals surface area contributed by atoms with Crippen molar-refractivity contribution in [3.8, 4) is 5.88 Å². The molecule has 6 heteroatoms. The zero-order valence-electron chi connectivity index (χ0n) is 8.79. The lowest BCUT2D eigenvalue weighted by atomic mass is 9.86. The summed E-state index contributed by atoms with van der Waals surface area (Å²) in [5.41, 5.74) is -0.792. The first-order valence-corrected chi connectivity index (χ1v) is 5.04. The molecule has 1 aliphatic rings. The lowest BCUT2D eigenvalue weighted by Gasteiger charge is -2.23. The van der Waals surface area contributed by atoms with Crippen molar-refractivity contribution in [1.29, 1.82) is 0 Å². The molecule has 1 heterocycles. The molecule has 0 N–H and O–H groups in total. The maximum Gasteiger partial charge on any atom is 0.433 e. The van der Waals surface area contributed by atoms with Gasteiger partial charge in [0.1, 0.15) is 5.69 Å². The Bertz CT molecular complexity index is 369. The Morgan fingerprint density at radius 1 is 1.56 bits per heavy atom. The highest BCUT2D eigenvalue weighted by molar-refractivity contribution is 5.18. The van der Waals surface area contributed by atoms with Crippen molar-refractivity contribution in [2.45, 2.75) is 19.0 Å². The van der Waals surface area contributed by atoms with E-state index in [1.54, 1.807) is 0 Å². The first-order valence-electron chi connectivity index (χ1n) is 5.04. The Kier molecular flexibility index (Phi) is 2.82. The molecule has 1 aromatic rings. The van der Waals surface area contributed by atoms with E-state index in [1.807, 2.05) is 0 Å². The van der Waals surface area contributed by atoms with Crippen LogP contribution in [0.2, 0.25) is 0 Å². The second-order valence-electron chi connectivity index (χ2n) is 3.87. The molecule has 0 amide bonds. The predicted molar refractivity (Wildman–Crippen MR) is 50.7 cm³/mol. The van der Waals surface area contributed by atoms with Gasteiger partial charge in [0.25, 0.3) is 0 Å². The largest absolute Gasteiger partial charge is 0.476 e. The van der Waals surface area contributed by atoms with Crippen molar-refractivity contribution < 1.29 is 17.9 Å². The molecule has 1 saturated carbocycles. The molecule has 0 bridgehead atoms. The van der Waals surface area contributed by atoms with Gasteiger partial charge in [-0.3, -0.25) is 4.68 Å². The molecule has 89 valence electrons. The van der Waals surface area contributed by atoms with Crippen LogP contribution in [0.3, 0.4) is 0 Å². The van der Waals surface area contributed by atoms with Gasteiger partial charge in [-0.15, -0.1) is 5.10 Å². The van der Waals surface area contributed by atoms with Crippen LogP contribution >= 0.6 is 0 Å². The van der Waals surface area contributed by atoms with Gasteiger partial charge in [0.15, 0.2) is 0 Å². The molecule has 0 aliphatic heterocycles. The molecular weight excluding hydrogens is 221 g/mol. The molecule has 16 heavy (non-hydrogen) atoms. The fourth-order valence-electron chi connectivity index (χ4n) is 1.52. The van der Waals surface area contributed by atoms with Gasteiger partial charge in [-0.05, 0) is 25.2 Å². The molecule has 1 fully saturated rings. The van der Waals surface area contributed by atoms with Crippen LogP contribution in [0.1, 0.15) is 18.5 Å². The van der Waals surface area contributed by atoms with E-state index in [0.29, 0.717) is 12.5 Å². The van der Waals surface area contributed by atoms with E-state index in [9.17, 15) is 13.2 Å². The van der Waals surface area contributed by atoms with Crippen LogP contribution < -0.4 is 4.74 Å². The monoisotopic (exact) mass is 233 g/mol. The number of alkyl halides is 3. The van der Waals surface area contributed by atoms with Gasteiger partial charge in [0, 0.05) is 13.1 Å². The van der Waals surface area contributed by atoms with E-state index >= 15 is 0 Å². The summed E-state index contributed by atoms with van der Waals surface area (Å²) in [5.74, 6) is 0.395. The van der Waals surface area contributed by atoms with Crippen LogP contribution in [-0.2, 0) is 13.2 Å². The van der Waals surface area contributed by atoms with Gasteiger partial charge in [-0.25, -0.2) is 0 Å². The van der Waals surface area contributed by atoms with E-state index in [1.165, 1.54) is 7.05 Å². The fourth-order valence-corrected chi connectivity index (χ4v) is 1.52. The van der Waals surface area contributed by atoms with Gasteiger partial charge in [-0.2, -0.15) is 13.2 Å². The summed E-state index contributed by atoms with van der Waals surface area (Å²) in [7, 11) is 1.26. The van der Waals surface area contributed by atoms with E-state index in [-0.39, 0.29) is 5.88 Å². The number of aryl methyl sites for hydroxylation is 1. The van der Waals surface area contributed by atoms with Gasteiger partial charge in [-0.1, -0.05) is 0 Å². The van der Waals surface area contributed by atoms with Crippen LogP contribution in [0.5, 0.6) is 5.88 Å². The van der Waals surface area contributed by atoms with E-state index in [2.05, 4.69) is 11.5 Å². The molecule has 0 unspecified atom stereocenters. The third-order valence-corrected chi connectivity index (χ3v) is 2.63. The summed E-state index contributed by atoms with van der Waals surface area (Å²) < 4.78 is 43.2. The maximum absolute atomic E-state index is 12.4. The number of hydrogen-bond donors (Lipinski definition) is 0. The molecule has 2 rings (SSSR count). The zero-order valence-corrected chi connectivity index (χ0v) is 8.79. The molecular formula is C10H12F3N2O. The minimum Gasteiger partial charge on any atom is -0.476 e. The number of rotatable bonds is 3. The Morgan fingerprint density at radius 2 is 2.25 bits per heavy atom. The smallest absolute Gasteiger partial charge is 0.433 e. The second-order valence-corrected chi connectivity index (χ2v) is 3.87. The van der Waals surface area contributed by atoms with Crippen molar-refractivity contribution in [2.75, 3.05) is 6.61 Å². The SMILES string of the molecule is Cn1nc(OC[C@H]2[CH]CC2)cc1C(F)(F)F. The number of ether oxygens (including phenoxy) is 1. The Balaban J connectivity index is 1.99. The van der Waals surface area contributed by atoms with Gasteiger partial charge in [0.2, 0.25) is 5.88 Å². The lowest BCUT2D eigenvalue weighted by molar-refractivity contribution is -0.143. The molecule has 0 aromatic carbocycles. The quantitative estimate of drug-likeness (QED) is 0.801. The summed E-state index contributed by atoms with van der Waals surface area (Å²) in [6.45, 7) is 0.411. The highest BCUT2D eigenvalue weighted by Gasteiger charge is 2.35. The molecule has 1 aromatic heterocycles. The average Bonchev–Trinajstić information content (AvgIpc) is 2.43. The zero-order chi connectivity index (χ0) is 11.8. The fraction of sp³-hybridized carbons (Fsp3) is 0.600. The summed E-state index contributed by atoms with van der Waals surface area (Å²) in [5, 5.41) is 3.67. The van der Waals surface area contributed by atoms with Gasteiger partial charge >= 0.3 is 6.18 Å². The van der Waals surface area contributed by atoms with Crippen molar-refractivity contribution in [2.24, 2.45) is 13.0 Å². The first-order chi connectivity index (χ1) is 7.47. The summed E-state index contributed by atoms with van der Waals surface area (Å²) in [6.07, 6.45) is -0.192. The molecule has 1 atom stereocenters. The Hall–Kier alpha value is -1.20. The molecule has 0 spiro atoms. The number of halogens is 3. The number of hydrogen-bond acceptors (Lipinski definition) is 2. The van der Waals surface area contributed by atoms with Crippen molar-refractivity contribution in [3.05, 3.63) is 18.2 Å². The highest BCUT2D eigenvalue weighted by atomic mass is 19.4. The van der Waals surface area contributed by atoms with E-state index in [4.69, 9.17) is 4.74 Å². The minimum atomic E-state index is -4.38. The van der Waals surface area contributed by atoms with Crippen LogP contribution in [0, 0.1) is 12.3 Å². The average molecular weight is 233 g/mol. The number of nitrogens with zero attached hydrogens (tertiary/aromatic N) is 2. The molecule has 3 nitrogen and oxygen atoms in total. The normalized spacial score (nSPS) is 17.2. The van der Waals surface area contributed by atoms with Crippen LogP contribution in [0.15, 0.2) is 6.07 Å². The number of aromatic nitrogens is 2. The lowest BCUT2D eigenvalue weighted by Crippen LogP contribution is -2.20. The third kappa shape index (κ3) is 2.31. The standard InChI is InChI=1S/C10H12F3N2O/c1-15-8(10(11,12)13)5-9(14-15)16-6-7-3-2-4-7/h3,5,7H,2,4,6H2,1H3/t7-/m0/s1. The van der Waals surface area contributed by atoms with Crippen LogP contribution in [0.25, 0.3) is 0 Å². The maximum atomic E-state index is 12.4. The summed E-state index contributed by atoms with van der Waals surface area (Å²) >= 11 is 0. The van der Waals surface area contributed by atoms with Crippen molar-refractivity contribution in [1.82, 2.24) is 9.78 Å². The third-order valence-electron chi connectivity index (χ3n) is 2.63. The minimum absolute atomic E-state index is 0.0372. The molecule has 1 radical (unpaired) electrons. The van der Waals surface area contributed by atoms with Gasteiger partial charge < -0.3 is 4.74 Å². The van der Waals surface area contributed by atoms with E-state index < -0.39 is 11.9 Å². The van der Waals surface area contributed by atoms with Crippen LogP contribution in [-0.4, -0.2) is 16.4 Å². The van der Waals surface area contributed by atoms with Gasteiger partial charge in [0.05, 0.1) is 6.61 Å². The Morgan fingerprint density at radius 3 is 2.69 bits per heavy atom.